The fourth-order valence-electron chi connectivity index (χ4n) is 5.72. The van der Waals surface area contributed by atoms with Gasteiger partial charge in [-0.2, -0.15) is 5.21 Å². The van der Waals surface area contributed by atoms with Gasteiger partial charge >= 0.3 is 0 Å². The predicted molar refractivity (Wildman–Crippen MR) is 119 cm³/mol. The van der Waals surface area contributed by atoms with Gasteiger partial charge in [-0.25, -0.2) is 4.98 Å². The van der Waals surface area contributed by atoms with Crippen molar-refractivity contribution in [2.75, 3.05) is 0 Å². The number of benzene rings is 2. The topological polar surface area (TPSA) is 76.6 Å². The van der Waals surface area contributed by atoms with Crippen LogP contribution in [0.1, 0.15) is 41.8 Å². The number of hydrogen-bond donors (Lipinski definition) is 1. The number of hydrogen-bond acceptors (Lipinski definition) is 6. The second kappa shape index (κ2) is 7.57. The SMILES string of the molecule is c1csc(COc2ccc([C@]3(c4ccc(-c5nn[nH]n5)cc4)C[C@@H]4CC[C@H]3C4)cc2)n1. The Balaban J connectivity index is 1.31. The Bertz CT molecular complexity index is 1140. The lowest BCUT2D eigenvalue weighted by molar-refractivity contribution is 0.303. The molecule has 0 amide bonds. The van der Waals surface area contributed by atoms with Crippen LogP contribution in [0.3, 0.4) is 0 Å². The van der Waals surface area contributed by atoms with Crippen LogP contribution >= 0.6 is 11.3 Å². The largest absolute Gasteiger partial charge is 0.486 e. The lowest BCUT2D eigenvalue weighted by Gasteiger charge is -2.39. The van der Waals surface area contributed by atoms with Gasteiger partial charge in [-0.15, -0.1) is 21.5 Å². The smallest absolute Gasteiger partial charge is 0.204 e. The predicted octanol–water partition coefficient (Wildman–Crippen LogP) is 5.01. The number of rotatable bonds is 6. The lowest BCUT2D eigenvalue weighted by atomic mass is 9.64. The standard InChI is InChI=1S/C24H23N5OS/c1-4-20-13-16(1)14-24(20,18-5-2-17(3-6-18)23-26-28-29-27-23)19-7-9-21(10-8-19)30-15-22-25-11-12-31-22/h2-3,5-12,16,20H,1,4,13-15H2,(H,26,27,28,29)/t16-,20+,24-/m1/s1. The Kier molecular flexibility index (Phi) is 4.56. The molecule has 0 saturated heterocycles. The highest BCUT2D eigenvalue weighted by Crippen LogP contribution is 2.60. The van der Waals surface area contributed by atoms with Gasteiger partial charge in [0.05, 0.1) is 0 Å². The minimum absolute atomic E-state index is 0.0759. The van der Waals surface area contributed by atoms with Crippen molar-refractivity contribution in [3.63, 3.8) is 0 Å². The highest BCUT2D eigenvalue weighted by Gasteiger charge is 2.52. The highest BCUT2D eigenvalue weighted by molar-refractivity contribution is 7.09. The number of tetrazole rings is 1. The van der Waals surface area contributed by atoms with Crippen LogP contribution in [0, 0.1) is 11.8 Å². The molecule has 2 saturated carbocycles. The Morgan fingerprint density at radius 2 is 1.84 bits per heavy atom. The Morgan fingerprint density at radius 1 is 1.03 bits per heavy atom. The fourth-order valence-corrected chi connectivity index (χ4v) is 6.25. The fraction of sp³-hybridized carbons (Fsp3) is 0.333. The van der Waals surface area contributed by atoms with Crippen molar-refractivity contribution >= 4 is 11.3 Å². The third-order valence-electron chi connectivity index (χ3n) is 7.07. The molecule has 2 aromatic heterocycles. The number of nitrogens with one attached hydrogen (secondary N) is 1. The van der Waals surface area contributed by atoms with E-state index in [2.05, 4.69) is 74.1 Å². The van der Waals surface area contributed by atoms with Crippen molar-refractivity contribution < 1.29 is 4.74 Å². The minimum Gasteiger partial charge on any atom is -0.486 e. The molecule has 4 aromatic rings. The quantitative estimate of drug-likeness (QED) is 0.466. The number of aromatic amines is 1. The average Bonchev–Trinajstić information content (AvgIpc) is 3.63. The van der Waals surface area contributed by atoms with Crippen molar-refractivity contribution in [1.82, 2.24) is 25.6 Å². The van der Waals surface area contributed by atoms with Gasteiger partial charge < -0.3 is 4.74 Å². The summed E-state index contributed by atoms with van der Waals surface area (Å²) in [7, 11) is 0. The average molecular weight is 430 g/mol. The van der Waals surface area contributed by atoms with Gasteiger partial charge in [0.15, 0.2) is 0 Å². The molecule has 2 heterocycles. The summed E-state index contributed by atoms with van der Waals surface area (Å²) in [6.45, 7) is 0.518. The first-order valence-electron chi connectivity index (χ1n) is 10.8. The van der Waals surface area contributed by atoms with Crippen molar-refractivity contribution in [3.8, 4) is 17.1 Å². The molecule has 0 unspecified atom stereocenters. The zero-order valence-electron chi connectivity index (χ0n) is 17.1. The molecule has 0 aliphatic heterocycles. The van der Waals surface area contributed by atoms with Crippen LogP contribution in [0.4, 0.5) is 0 Å². The second-order valence-electron chi connectivity index (χ2n) is 8.60. The molecule has 3 atom stereocenters. The molecule has 6 nitrogen and oxygen atoms in total. The number of H-pyrrole nitrogens is 1. The van der Waals surface area contributed by atoms with E-state index in [0.717, 1.165) is 22.2 Å². The first-order chi connectivity index (χ1) is 15.3. The first kappa shape index (κ1) is 18.7. The zero-order chi connectivity index (χ0) is 20.7. The molecule has 2 aliphatic rings. The molecule has 31 heavy (non-hydrogen) atoms. The van der Waals surface area contributed by atoms with Crippen LogP contribution in [0.2, 0.25) is 0 Å². The summed E-state index contributed by atoms with van der Waals surface area (Å²) in [4.78, 5) is 4.29. The minimum atomic E-state index is 0.0759. The number of aromatic nitrogens is 5. The van der Waals surface area contributed by atoms with Gasteiger partial charge in [-0.1, -0.05) is 42.8 Å². The van der Waals surface area contributed by atoms with E-state index in [1.54, 1.807) is 11.3 Å². The van der Waals surface area contributed by atoms with Crippen LogP contribution in [0.15, 0.2) is 60.1 Å². The number of thiazole rings is 1. The molecule has 156 valence electrons. The van der Waals surface area contributed by atoms with Crippen molar-refractivity contribution in [2.24, 2.45) is 11.8 Å². The Labute approximate surface area is 184 Å². The van der Waals surface area contributed by atoms with E-state index in [1.807, 2.05) is 11.6 Å². The van der Waals surface area contributed by atoms with E-state index in [-0.39, 0.29) is 5.41 Å². The van der Waals surface area contributed by atoms with Crippen molar-refractivity contribution in [2.45, 2.75) is 37.7 Å². The molecular formula is C24H23N5OS. The summed E-state index contributed by atoms with van der Waals surface area (Å²) in [5.74, 6) is 3.04. The molecule has 1 N–H and O–H groups in total. The highest BCUT2D eigenvalue weighted by atomic mass is 32.1. The summed E-state index contributed by atoms with van der Waals surface area (Å²) in [6, 6.07) is 17.5. The van der Waals surface area contributed by atoms with Gasteiger partial charge in [0.2, 0.25) is 5.82 Å². The second-order valence-corrected chi connectivity index (χ2v) is 9.58. The van der Waals surface area contributed by atoms with Gasteiger partial charge in [-0.05, 0) is 59.6 Å². The molecule has 6 rings (SSSR count). The molecule has 2 aromatic carbocycles. The van der Waals surface area contributed by atoms with Crippen LogP contribution in [-0.2, 0) is 12.0 Å². The van der Waals surface area contributed by atoms with Gasteiger partial charge in [0, 0.05) is 22.6 Å². The van der Waals surface area contributed by atoms with Gasteiger partial charge in [-0.3, -0.25) is 0 Å². The van der Waals surface area contributed by atoms with E-state index in [0.29, 0.717) is 18.3 Å². The monoisotopic (exact) mass is 429 g/mol. The van der Waals surface area contributed by atoms with E-state index in [9.17, 15) is 0 Å². The lowest BCUT2D eigenvalue weighted by Crippen LogP contribution is -2.34. The molecule has 0 spiro atoms. The van der Waals surface area contributed by atoms with Crippen LogP contribution in [0.25, 0.3) is 11.4 Å². The first-order valence-corrected chi connectivity index (χ1v) is 11.7. The third-order valence-corrected chi connectivity index (χ3v) is 7.82. The maximum Gasteiger partial charge on any atom is 0.204 e. The van der Waals surface area contributed by atoms with Crippen LogP contribution < -0.4 is 4.74 Å². The van der Waals surface area contributed by atoms with Gasteiger partial charge in [0.1, 0.15) is 17.4 Å². The number of nitrogens with zero attached hydrogens (tertiary/aromatic N) is 4. The molecule has 0 radical (unpaired) electrons. The normalized spacial score (nSPS) is 24.5. The maximum absolute atomic E-state index is 5.95. The summed E-state index contributed by atoms with van der Waals surface area (Å²) in [6.07, 6.45) is 7.03. The third kappa shape index (κ3) is 3.24. The molecule has 7 heteroatoms. The zero-order valence-corrected chi connectivity index (χ0v) is 17.9. The van der Waals surface area contributed by atoms with E-state index in [1.165, 1.54) is 36.8 Å². The maximum atomic E-state index is 5.95. The molecule has 2 bridgehead atoms. The van der Waals surface area contributed by atoms with E-state index in [4.69, 9.17) is 4.74 Å². The number of ether oxygens (including phenoxy) is 1. The van der Waals surface area contributed by atoms with E-state index >= 15 is 0 Å². The Morgan fingerprint density at radius 3 is 2.45 bits per heavy atom. The summed E-state index contributed by atoms with van der Waals surface area (Å²) >= 11 is 1.62. The van der Waals surface area contributed by atoms with Crippen LogP contribution in [0.5, 0.6) is 5.75 Å². The van der Waals surface area contributed by atoms with E-state index < -0.39 is 0 Å². The van der Waals surface area contributed by atoms with Gasteiger partial charge in [0.25, 0.3) is 0 Å². The molecule has 2 aliphatic carbocycles. The Hall–Kier alpha value is -3.06. The molecule has 2 fully saturated rings. The van der Waals surface area contributed by atoms with Crippen molar-refractivity contribution in [1.29, 1.82) is 0 Å². The van der Waals surface area contributed by atoms with Crippen molar-refractivity contribution in [3.05, 3.63) is 76.2 Å². The molecular weight excluding hydrogens is 406 g/mol. The van der Waals surface area contributed by atoms with Crippen LogP contribution in [-0.4, -0.2) is 25.6 Å². The summed E-state index contributed by atoms with van der Waals surface area (Å²) in [5.41, 5.74) is 3.85. The summed E-state index contributed by atoms with van der Waals surface area (Å²) < 4.78 is 5.95. The summed E-state index contributed by atoms with van der Waals surface area (Å²) in [5, 5.41) is 17.4. The number of fused-ring (bicyclic) bond motifs is 2.